The van der Waals surface area contributed by atoms with Gasteiger partial charge in [0.15, 0.2) is 12.4 Å². The van der Waals surface area contributed by atoms with Crippen LogP contribution in [0.2, 0.25) is 0 Å². The van der Waals surface area contributed by atoms with Gasteiger partial charge in [-0.1, -0.05) is 41.6 Å². The zero-order chi connectivity index (χ0) is 25.6. The highest BCUT2D eigenvalue weighted by molar-refractivity contribution is 7.89. The Labute approximate surface area is 205 Å². The molecule has 0 aliphatic rings. The van der Waals surface area contributed by atoms with Gasteiger partial charge in [-0.3, -0.25) is 9.48 Å². The van der Waals surface area contributed by atoms with Gasteiger partial charge in [0.05, 0.1) is 17.1 Å². The quantitative estimate of drug-likeness (QED) is 0.249. The largest absolute Gasteiger partial charge is 0.384 e. The smallest absolute Gasteiger partial charge is 0.261 e. The van der Waals surface area contributed by atoms with E-state index in [-0.39, 0.29) is 23.9 Å². The van der Waals surface area contributed by atoms with Gasteiger partial charge < -0.3 is 15.9 Å². The number of oxime groups is 1. The molecule has 0 aliphatic carbocycles. The molecule has 10 nitrogen and oxygen atoms in total. The van der Waals surface area contributed by atoms with Gasteiger partial charge in [0, 0.05) is 31.9 Å². The van der Waals surface area contributed by atoms with E-state index in [0.717, 1.165) is 21.3 Å². The van der Waals surface area contributed by atoms with Gasteiger partial charge in [-0.15, -0.1) is 0 Å². The van der Waals surface area contributed by atoms with Crippen molar-refractivity contribution in [3.63, 3.8) is 0 Å². The number of amides is 1. The third-order valence-electron chi connectivity index (χ3n) is 5.22. The normalized spacial score (nSPS) is 12.1. The van der Waals surface area contributed by atoms with Crippen molar-refractivity contribution in [3.8, 4) is 0 Å². The molecule has 1 aromatic heterocycles. The molecule has 1 amide bonds. The van der Waals surface area contributed by atoms with Crippen molar-refractivity contribution in [1.82, 2.24) is 19.4 Å². The van der Waals surface area contributed by atoms with Crippen molar-refractivity contribution >= 4 is 21.8 Å². The number of hydrogen-bond acceptors (Lipinski definition) is 6. The number of carbonyl (C=O) groups is 1. The first-order valence-electron chi connectivity index (χ1n) is 10.9. The van der Waals surface area contributed by atoms with Gasteiger partial charge in [-0.25, -0.2) is 12.7 Å². The highest BCUT2D eigenvalue weighted by atomic mass is 32.2. The second-order valence-electron chi connectivity index (χ2n) is 8.21. The lowest BCUT2D eigenvalue weighted by Crippen LogP contribution is -2.29. The molecule has 0 radical (unpaired) electrons. The van der Waals surface area contributed by atoms with Crippen molar-refractivity contribution in [1.29, 1.82) is 0 Å². The van der Waals surface area contributed by atoms with E-state index in [4.69, 9.17) is 10.6 Å². The highest BCUT2D eigenvalue weighted by Crippen LogP contribution is 2.18. The van der Waals surface area contributed by atoms with Crippen LogP contribution in [-0.4, -0.2) is 54.9 Å². The molecule has 0 saturated carbocycles. The molecule has 11 heteroatoms. The number of aromatic nitrogens is 2. The summed E-state index contributed by atoms with van der Waals surface area (Å²) in [7, 11) is -0.723. The van der Waals surface area contributed by atoms with E-state index in [0.29, 0.717) is 17.7 Å². The van der Waals surface area contributed by atoms with Crippen molar-refractivity contribution in [2.45, 2.75) is 31.8 Å². The van der Waals surface area contributed by atoms with Crippen molar-refractivity contribution in [2.75, 3.05) is 20.7 Å². The Kier molecular flexibility index (Phi) is 8.26. The maximum Gasteiger partial charge on any atom is 0.261 e. The van der Waals surface area contributed by atoms with Crippen LogP contribution in [0.3, 0.4) is 0 Å². The molecule has 0 aliphatic heterocycles. The fraction of sp³-hybridized carbons (Fsp3) is 0.292. The maximum absolute atomic E-state index is 12.5. The van der Waals surface area contributed by atoms with Gasteiger partial charge in [-0.05, 0) is 43.2 Å². The van der Waals surface area contributed by atoms with Crippen LogP contribution in [0, 0.1) is 13.8 Å². The Morgan fingerprint density at radius 3 is 2.57 bits per heavy atom. The molecule has 0 saturated heterocycles. The molecule has 0 fully saturated rings. The average Bonchev–Trinajstić information content (AvgIpc) is 3.14. The summed E-state index contributed by atoms with van der Waals surface area (Å²) < 4.78 is 28.0. The Bertz CT molecular complexity index is 1330. The Morgan fingerprint density at radius 1 is 1.14 bits per heavy atom. The number of benzene rings is 2. The average molecular weight is 499 g/mol. The van der Waals surface area contributed by atoms with Crippen molar-refractivity contribution in [2.24, 2.45) is 10.9 Å². The van der Waals surface area contributed by atoms with Gasteiger partial charge >= 0.3 is 0 Å². The van der Waals surface area contributed by atoms with E-state index in [2.05, 4.69) is 15.6 Å². The van der Waals surface area contributed by atoms with Gasteiger partial charge in [-0.2, -0.15) is 5.10 Å². The first-order chi connectivity index (χ1) is 16.6. The van der Waals surface area contributed by atoms with E-state index in [1.807, 2.05) is 42.8 Å². The van der Waals surface area contributed by atoms with Crippen molar-refractivity contribution < 1.29 is 18.0 Å². The van der Waals surface area contributed by atoms with Crippen LogP contribution in [-0.2, 0) is 32.7 Å². The summed E-state index contributed by atoms with van der Waals surface area (Å²) in [6.45, 7) is 4.20. The van der Waals surface area contributed by atoms with Gasteiger partial charge in [0.1, 0.15) is 0 Å². The number of amidine groups is 1. The molecule has 2 aromatic carbocycles. The lowest BCUT2D eigenvalue weighted by atomic mass is 10.1. The lowest BCUT2D eigenvalue weighted by molar-refractivity contribution is -0.125. The number of rotatable bonds is 10. The summed E-state index contributed by atoms with van der Waals surface area (Å²) in [5.74, 6) is -0.327. The molecule has 3 aromatic rings. The number of nitrogens with one attached hydrogen (secondary N) is 1. The van der Waals surface area contributed by atoms with Crippen LogP contribution in [0.4, 0.5) is 0 Å². The molecule has 3 N–H and O–H groups in total. The predicted molar refractivity (Wildman–Crippen MR) is 133 cm³/mol. The van der Waals surface area contributed by atoms with E-state index in [9.17, 15) is 13.2 Å². The summed E-state index contributed by atoms with van der Waals surface area (Å²) in [6, 6.07) is 16.0. The molecule has 186 valence electrons. The second kappa shape index (κ2) is 11.2. The SMILES string of the molecule is Cc1cc(C)n(Cc2cccc(/C(N)=N\OCC(=O)NCc3ccccc3S(=O)(=O)N(C)C)c2)n1. The fourth-order valence-electron chi connectivity index (χ4n) is 3.39. The Hall–Kier alpha value is -3.70. The molecule has 0 spiro atoms. The molecule has 0 unspecified atom stereocenters. The molecule has 0 atom stereocenters. The van der Waals surface area contributed by atoms with E-state index < -0.39 is 15.9 Å². The third kappa shape index (κ3) is 6.67. The molecule has 1 heterocycles. The van der Waals surface area contributed by atoms with E-state index in [1.165, 1.54) is 20.2 Å². The maximum atomic E-state index is 12.5. The minimum absolute atomic E-state index is 0.0268. The number of carbonyl (C=O) groups excluding carboxylic acids is 1. The number of aryl methyl sites for hydroxylation is 2. The summed E-state index contributed by atoms with van der Waals surface area (Å²) in [4.78, 5) is 17.5. The van der Waals surface area contributed by atoms with Crippen LogP contribution < -0.4 is 11.1 Å². The summed E-state index contributed by atoms with van der Waals surface area (Å²) in [5.41, 5.74) is 10.2. The first kappa shape index (κ1) is 25.9. The molecular formula is C24H30N6O4S. The monoisotopic (exact) mass is 498 g/mol. The van der Waals surface area contributed by atoms with Gasteiger partial charge in [0.25, 0.3) is 5.91 Å². The Balaban J connectivity index is 1.57. The fourth-order valence-corrected chi connectivity index (χ4v) is 4.51. The molecular weight excluding hydrogens is 468 g/mol. The molecule has 35 heavy (non-hydrogen) atoms. The second-order valence-corrected chi connectivity index (χ2v) is 10.3. The predicted octanol–water partition coefficient (Wildman–Crippen LogP) is 1.75. The number of sulfonamides is 1. The van der Waals surface area contributed by atoms with Crippen LogP contribution >= 0.6 is 0 Å². The zero-order valence-electron chi connectivity index (χ0n) is 20.2. The van der Waals surface area contributed by atoms with E-state index >= 15 is 0 Å². The zero-order valence-corrected chi connectivity index (χ0v) is 21.0. The third-order valence-corrected chi connectivity index (χ3v) is 7.14. The highest BCUT2D eigenvalue weighted by Gasteiger charge is 2.20. The minimum Gasteiger partial charge on any atom is -0.384 e. The number of nitrogens with zero attached hydrogens (tertiary/aromatic N) is 4. The minimum atomic E-state index is -3.63. The number of nitrogens with two attached hydrogens (primary N) is 1. The van der Waals surface area contributed by atoms with Crippen LogP contribution in [0.5, 0.6) is 0 Å². The lowest BCUT2D eigenvalue weighted by Gasteiger charge is -2.15. The van der Waals surface area contributed by atoms with Crippen molar-refractivity contribution in [3.05, 3.63) is 82.7 Å². The van der Waals surface area contributed by atoms with Crippen LogP contribution in [0.15, 0.2) is 64.6 Å². The van der Waals surface area contributed by atoms with Crippen LogP contribution in [0.25, 0.3) is 0 Å². The standard InChI is InChI=1S/C24H30N6O4S/c1-17-12-18(2)30(27-17)15-19-8-7-10-20(13-19)24(25)28-34-16-23(31)26-14-21-9-5-6-11-22(21)35(32,33)29(3)4/h5-13H,14-16H2,1-4H3,(H2,25,28)(H,26,31). The number of hydrogen-bond donors (Lipinski definition) is 2. The Morgan fingerprint density at radius 2 is 1.89 bits per heavy atom. The summed E-state index contributed by atoms with van der Waals surface area (Å²) in [6.07, 6.45) is 0. The van der Waals surface area contributed by atoms with E-state index in [1.54, 1.807) is 24.3 Å². The topological polar surface area (TPSA) is 132 Å². The van der Waals surface area contributed by atoms with Gasteiger partial charge in [0.2, 0.25) is 10.0 Å². The van der Waals surface area contributed by atoms with Crippen LogP contribution in [0.1, 0.15) is 28.1 Å². The molecule has 3 rings (SSSR count). The first-order valence-corrected chi connectivity index (χ1v) is 12.3. The summed E-state index contributed by atoms with van der Waals surface area (Å²) >= 11 is 0. The molecule has 0 bridgehead atoms. The summed E-state index contributed by atoms with van der Waals surface area (Å²) in [5, 5.41) is 11.0.